The monoisotopic (exact) mass is 402 g/mol. The Morgan fingerprint density at radius 1 is 1.07 bits per heavy atom. The first kappa shape index (κ1) is 18.0. The Labute approximate surface area is 176 Å². The van der Waals surface area contributed by atoms with Gasteiger partial charge in [0, 0.05) is 5.56 Å². The number of allylic oxidation sites excluding steroid dienone is 8. The SMILES string of the molecule is CC1=C/C(c2ccc3c(c2)C2(COC(N)=N2)C2(COC2)C2(CCC2)O3)=C\C=C\C=C1. The summed E-state index contributed by atoms with van der Waals surface area (Å²) in [5, 5.41) is 0. The molecule has 2 aliphatic carbocycles. The van der Waals surface area contributed by atoms with Crippen LogP contribution in [0.4, 0.5) is 0 Å². The predicted octanol–water partition coefficient (Wildman–Crippen LogP) is 4.01. The first-order valence-electron chi connectivity index (χ1n) is 10.7. The van der Waals surface area contributed by atoms with Crippen molar-refractivity contribution in [2.75, 3.05) is 19.8 Å². The van der Waals surface area contributed by atoms with Crippen molar-refractivity contribution < 1.29 is 14.2 Å². The third-order valence-corrected chi connectivity index (χ3v) is 7.56. The maximum Gasteiger partial charge on any atom is 0.283 e. The van der Waals surface area contributed by atoms with Crippen LogP contribution in [0.5, 0.6) is 5.75 Å². The minimum Gasteiger partial charge on any atom is -0.486 e. The lowest BCUT2D eigenvalue weighted by Crippen LogP contribution is -2.75. The summed E-state index contributed by atoms with van der Waals surface area (Å²) in [5.74, 6) is 0.903. The number of rotatable bonds is 1. The van der Waals surface area contributed by atoms with E-state index in [1.807, 2.05) is 0 Å². The molecule has 1 saturated carbocycles. The molecule has 1 aromatic carbocycles. The van der Waals surface area contributed by atoms with E-state index >= 15 is 0 Å². The summed E-state index contributed by atoms with van der Waals surface area (Å²) in [5.41, 5.74) is 9.63. The molecule has 1 aromatic rings. The lowest BCUT2D eigenvalue weighted by molar-refractivity contribution is -0.281. The third kappa shape index (κ3) is 2.19. The second-order valence-corrected chi connectivity index (χ2v) is 9.09. The zero-order valence-electron chi connectivity index (χ0n) is 17.2. The van der Waals surface area contributed by atoms with Gasteiger partial charge in [-0.3, -0.25) is 0 Å². The molecule has 5 heteroatoms. The van der Waals surface area contributed by atoms with E-state index in [0.717, 1.165) is 35.3 Å². The number of amidine groups is 1. The van der Waals surface area contributed by atoms with Gasteiger partial charge in [-0.2, -0.15) is 0 Å². The van der Waals surface area contributed by atoms with Gasteiger partial charge < -0.3 is 19.9 Å². The van der Waals surface area contributed by atoms with Crippen molar-refractivity contribution in [1.29, 1.82) is 0 Å². The van der Waals surface area contributed by atoms with Gasteiger partial charge in [-0.15, -0.1) is 0 Å². The molecule has 0 aromatic heterocycles. The number of nitrogens with two attached hydrogens (primary N) is 1. The minimum atomic E-state index is -0.559. The van der Waals surface area contributed by atoms with E-state index < -0.39 is 5.54 Å². The van der Waals surface area contributed by atoms with Crippen molar-refractivity contribution in [2.45, 2.75) is 37.3 Å². The van der Waals surface area contributed by atoms with Crippen LogP contribution in [0.15, 0.2) is 65.2 Å². The Bertz CT molecular complexity index is 1070. The van der Waals surface area contributed by atoms with E-state index in [2.05, 4.69) is 61.6 Å². The van der Waals surface area contributed by atoms with Crippen molar-refractivity contribution in [2.24, 2.45) is 16.1 Å². The Kier molecular flexibility index (Phi) is 3.67. The van der Waals surface area contributed by atoms with Gasteiger partial charge in [-0.25, -0.2) is 4.99 Å². The minimum absolute atomic E-state index is 0.227. The van der Waals surface area contributed by atoms with Crippen LogP contribution >= 0.6 is 0 Å². The standard InChI is InChI=1S/C25H26N2O3/c1-17-6-3-2-4-7-18(12-17)19-8-9-21-20(13-19)25(16-29-22(26)27-25)23(14-28-15-23)24(30-21)10-5-11-24/h2-4,6-9,12-13H,5,10-11,14-16H2,1H3,(H2,26,27)/b3-2?,4-2+,6-3?,7-4?,17-6?,17-12?,18-7+,18-12?. The highest BCUT2D eigenvalue weighted by Gasteiger charge is 2.75. The lowest BCUT2D eigenvalue weighted by atomic mass is 9.49. The van der Waals surface area contributed by atoms with Crippen LogP contribution in [0.3, 0.4) is 0 Å². The van der Waals surface area contributed by atoms with Crippen molar-refractivity contribution in [1.82, 2.24) is 0 Å². The lowest BCUT2D eigenvalue weighted by Gasteiger charge is -2.66. The van der Waals surface area contributed by atoms with Gasteiger partial charge in [0.25, 0.3) is 6.02 Å². The van der Waals surface area contributed by atoms with Gasteiger partial charge in [0.05, 0.1) is 18.6 Å². The second kappa shape index (κ2) is 6.11. The molecule has 3 aliphatic heterocycles. The molecule has 1 unspecified atom stereocenters. The van der Waals surface area contributed by atoms with E-state index in [0.29, 0.717) is 19.8 Å². The first-order valence-corrected chi connectivity index (χ1v) is 10.7. The average Bonchev–Trinajstić information content (AvgIpc) is 3.04. The number of nitrogens with zero attached hydrogens (tertiary/aromatic N) is 1. The molecule has 3 spiro atoms. The molecule has 154 valence electrons. The quantitative estimate of drug-likeness (QED) is 0.771. The number of fused-ring (bicyclic) bond motifs is 4. The number of benzene rings is 1. The van der Waals surface area contributed by atoms with Gasteiger partial charge in [-0.05, 0) is 49.5 Å². The summed E-state index contributed by atoms with van der Waals surface area (Å²) < 4.78 is 18.3. The summed E-state index contributed by atoms with van der Waals surface area (Å²) in [6, 6.07) is 6.74. The highest BCUT2D eigenvalue weighted by molar-refractivity contribution is 5.79. The zero-order chi connectivity index (χ0) is 20.4. The van der Waals surface area contributed by atoms with Crippen LogP contribution in [-0.2, 0) is 15.0 Å². The van der Waals surface area contributed by atoms with Crippen molar-refractivity contribution >= 4 is 11.6 Å². The van der Waals surface area contributed by atoms with Crippen LogP contribution in [0.2, 0.25) is 0 Å². The summed E-state index contributed by atoms with van der Waals surface area (Å²) in [4.78, 5) is 4.96. The molecule has 6 rings (SSSR count). The molecule has 5 aliphatic rings. The van der Waals surface area contributed by atoms with Crippen molar-refractivity contribution in [3.05, 3.63) is 71.4 Å². The molecule has 0 bridgehead atoms. The number of hydrogen-bond acceptors (Lipinski definition) is 5. The Morgan fingerprint density at radius 3 is 2.60 bits per heavy atom. The fourth-order valence-electron chi connectivity index (χ4n) is 5.72. The highest BCUT2D eigenvalue weighted by Crippen LogP contribution is 2.67. The van der Waals surface area contributed by atoms with E-state index in [1.165, 1.54) is 12.0 Å². The molecule has 2 N–H and O–H groups in total. The van der Waals surface area contributed by atoms with Gasteiger partial charge in [0.2, 0.25) is 0 Å². The fourth-order valence-corrected chi connectivity index (χ4v) is 5.72. The summed E-state index contributed by atoms with van der Waals surface area (Å²) in [6.45, 7) is 3.82. The Balaban J connectivity index is 1.54. The molecule has 5 nitrogen and oxygen atoms in total. The number of aliphatic imine (C=N–C) groups is 1. The van der Waals surface area contributed by atoms with Crippen LogP contribution in [-0.4, -0.2) is 31.4 Å². The molecular weight excluding hydrogens is 376 g/mol. The van der Waals surface area contributed by atoms with Gasteiger partial charge in [0.1, 0.15) is 23.5 Å². The smallest absolute Gasteiger partial charge is 0.283 e. The van der Waals surface area contributed by atoms with Crippen LogP contribution in [0.25, 0.3) is 5.57 Å². The highest BCUT2D eigenvalue weighted by atomic mass is 16.5. The summed E-state index contributed by atoms with van der Waals surface area (Å²) in [6.07, 6.45) is 15.9. The van der Waals surface area contributed by atoms with Gasteiger partial charge in [-0.1, -0.05) is 48.1 Å². The van der Waals surface area contributed by atoms with E-state index in [1.54, 1.807) is 0 Å². The topological polar surface area (TPSA) is 66.1 Å². The van der Waals surface area contributed by atoms with E-state index in [-0.39, 0.29) is 17.0 Å². The Hall–Kier alpha value is -2.79. The van der Waals surface area contributed by atoms with Gasteiger partial charge in [0.15, 0.2) is 0 Å². The maximum absolute atomic E-state index is 6.74. The van der Waals surface area contributed by atoms with Crippen LogP contribution in [0, 0.1) is 5.41 Å². The summed E-state index contributed by atoms with van der Waals surface area (Å²) in [7, 11) is 0. The maximum atomic E-state index is 6.74. The fraction of sp³-hybridized carbons (Fsp3) is 0.400. The average molecular weight is 402 g/mol. The van der Waals surface area contributed by atoms with Crippen molar-refractivity contribution in [3.8, 4) is 5.75 Å². The summed E-state index contributed by atoms with van der Waals surface area (Å²) >= 11 is 0. The second-order valence-electron chi connectivity index (χ2n) is 9.09. The normalized spacial score (nSPS) is 32.4. The number of ether oxygens (including phenoxy) is 3. The molecule has 0 radical (unpaired) electrons. The van der Waals surface area contributed by atoms with Gasteiger partial charge >= 0.3 is 0 Å². The molecule has 3 heterocycles. The third-order valence-electron chi connectivity index (χ3n) is 7.56. The zero-order valence-corrected chi connectivity index (χ0v) is 17.2. The van der Waals surface area contributed by atoms with Crippen LogP contribution in [0.1, 0.15) is 37.3 Å². The molecular formula is C25H26N2O3. The molecule has 0 amide bonds. The molecule has 1 saturated heterocycles. The molecule has 30 heavy (non-hydrogen) atoms. The van der Waals surface area contributed by atoms with Crippen LogP contribution < -0.4 is 10.5 Å². The number of hydrogen-bond donors (Lipinski definition) is 1. The largest absolute Gasteiger partial charge is 0.486 e. The van der Waals surface area contributed by atoms with E-state index in [4.69, 9.17) is 24.9 Å². The Morgan fingerprint density at radius 2 is 1.93 bits per heavy atom. The van der Waals surface area contributed by atoms with Crippen molar-refractivity contribution in [3.63, 3.8) is 0 Å². The molecule has 1 atom stereocenters. The first-order chi connectivity index (χ1) is 14.6. The molecule has 2 fully saturated rings. The predicted molar refractivity (Wildman–Crippen MR) is 116 cm³/mol. The van der Waals surface area contributed by atoms with E-state index in [9.17, 15) is 0 Å².